The van der Waals surface area contributed by atoms with E-state index in [9.17, 15) is 9.59 Å². The molecule has 0 fully saturated rings. The van der Waals surface area contributed by atoms with Crippen molar-refractivity contribution in [3.05, 3.63) is 98.8 Å². The molecule has 0 aliphatic heterocycles. The summed E-state index contributed by atoms with van der Waals surface area (Å²) in [6.07, 6.45) is 1.44. The Hall–Kier alpha value is -3.18. The SMILES string of the molecule is CC(C)(C)c1ccc(C(=O)Oc2ccc3c(=O)c(-c4ccc(Br)cc4)coc3c2)cc1. The summed E-state index contributed by atoms with van der Waals surface area (Å²) in [5.74, 6) is -0.148. The Bertz CT molecular complexity index is 1310. The fourth-order valence-electron chi connectivity index (χ4n) is 3.27. The molecule has 0 radical (unpaired) electrons. The first-order chi connectivity index (χ1) is 14.7. The Morgan fingerprint density at radius 3 is 2.26 bits per heavy atom. The molecule has 31 heavy (non-hydrogen) atoms. The number of halogens is 1. The van der Waals surface area contributed by atoms with Gasteiger partial charge in [-0.25, -0.2) is 4.79 Å². The number of carbonyl (C=O) groups excluding carboxylic acids is 1. The van der Waals surface area contributed by atoms with Crippen molar-refractivity contribution < 1.29 is 13.9 Å². The average molecular weight is 477 g/mol. The molecule has 0 bridgehead atoms. The van der Waals surface area contributed by atoms with Crippen molar-refractivity contribution in [1.82, 2.24) is 0 Å². The van der Waals surface area contributed by atoms with Gasteiger partial charge in [0.2, 0.25) is 0 Å². The molecular weight excluding hydrogens is 456 g/mol. The molecule has 4 nitrogen and oxygen atoms in total. The van der Waals surface area contributed by atoms with Gasteiger partial charge < -0.3 is 9.15 Å². The van der Waals surface area contributed by atoms with Gasteiger partial charge in [-0.3, -0.25) is 4.79 Å². The van der Waals surface area contributed by atoms with Gasteiger partial charge in [-0.05, 0) is 52.9 Å². The van der Waals surface area contributed by atoms with E-state index in [1.807, 2.05) is 36.4 Å². The van der Waals surface area contributed by atoms with Crippen molar-refractivity contribution in [2.45, 2.75) is 26.2 Å². The van der Waals surface area contributed by atoms with Crippen LogP contribution in [0.25, 0.3) is 22.1 Å². The fraction of sp³-hybridized carbons (Fsp3) is 0.154. The van der Waals surface area contributed by atoms with Crippen LogP contribution in [0.2, 0.25) is 0 Å². The highest BCUT2D eigenvalue weighted by Crippen LogP contribution is 2.26. The number of carbonyl (C=O) groups is 1. The lowest BCUT2D eigenvalue weighted by molar-refractivity contribution is 0.0735. The summed E-state index contributed by atoms with van der Waals surface area (Å²) in [5.41, 5.74) is 3.07. The molecule has 5 heteroatoms. The van der Waals surface area contributed by atoms with Crippen LogP contribution in [-0.4, -0.2) is 5.97 Å². The van der Waals surface area contributed by atoms with Crippen LogP contribution in [-0.2, 0) is 5.41 Å². The standard InChI is InChI=1S/C26H21BrO4/c1-26(2,3)18-8-4-17(5-9-18)25(29)31-20-12-13-21-23(14-20)30-15-22(24(21)28)16-6-10-19(27)11-7-16/h4-15H,1-3H3. The molecule has 0 aliphatic carbocycles. The molecule has 0 saturated heterocycles. The summed E-state index contributed by atoms with van der Waals surface area (Å²) in [6.45, 7) is 6.35. The van der Waals surface area contributed by atoms with Crippen LogP contribution in [0.3, 0.4) is 0 Å². The Balaban J connectivity index is 1.59. The predicted molar refractivity (Wildman–Crippen MR) is 126 cm³/mol. The number of hydrogen-bond donors (Lipinski definition) is 0. The molecule has 0 N–H and O–H groups in total. The second-order valence-electron chi connectivity index (χ2n) is 8.36. The van der Waals surface area contributed by atoms with Gasteiger partial charge in [-0.15, -0.1) is 0 Å². The minimum absolute atomic E-state index is 0.00736. The summed E-state index contributed by atoms with van der Waals surface area (Å²) in [6, 6.07) is 19.6. The molecule has 0 spiro atoms. The summed E-state index contributed by atoms with van der Waals surface area (Å²) >= 11 is 3.39. The predicted octanol–water partition coefficient (Wildman–Crippen LogP) is 6.74. The van der Waals surface area contributed by atoms with Crippen molar-refractivity contribution >= 4 is 32.9 Å². The lowest BCUT2D eigenvalue weighted by Gasteiger charge is -2.18. The van der Waals surface area contributed by atoms with Gasteiger partial charge in [-0.2, -0.15) is 0 Å². The van der Waals surface area contributed by atoms with E-state index in [-0.39, 0.29) is 10.8 Å². The molecule has 156 valence electrons. The first-order valence-electron chi connectivity index (χ1n) is 9.86. The number of ether oxygens (including phenoxy) is 1. The van der Waals surface area contributed by atoms with Crippen molar-refractivity contribution in [3.8, 4) is 16.9 Å². The highest BCUT2D eigenvalue weighted by atomic mass is 79.9. The molecule has 1 aromatic heterocycles. The number of esters is 1. The van der Waals surface area contributed by atoms with E-state index in [1.165, 1.54) is 6.26 Å². The second-order valence-corrected chi connectivity index (χ2v) is 9.28. The first kappa shape index (κ1) is 21.1. The average Bonchev–Trinajstić information content (AvgIpc) is 2.74. The Kier molecular flexibility index (Phi) is 5.54. The molecule has 0 aliphatic rings. The highest BCUT2D eigenvalue weighted by Gasteiger charge is 2.16. The molecular formula is C26H21BrO4. The molecule has 3 aromatic carbocycles. The highest BCUT2D eigenvalue weighted by molar-refractivity contribution is 9.10. The normalized spacial score (nSPS) is 11.5. The maximum atomic E-state index is 12.9. The number of benzene rings is 3. The summed E-state index contributed by atoms with van der Waals surface area (Å²) in [4.78, 5) is 25.4. The fourth-order valence-corrected chi connectivity index (χ4v) is 3.54. The Labute approximate surface area is 188 Å². The summed E-state index contributed by atoms with van der Waals surface area (Å²) in [7, 11) is 0. The van der Waals surface area contributed by atoms with E-state index in [1.54, 1.807) is 30.3 Å². The number of hydrogen-bond acceptors (Lipinski definition) is 4. The van der Waals surface area contributed by atoms with Crippen molar-refractivity contribution in [1.29, 1.82) is 0 Å². The monoisotopic (exact) mass is 476 g/mol. The summed E-state index contributed by atoms with van der Waals surface area (Å²) < 4.78 is 12.1. The number of fused-ring (bicyclic) bond motifs is 1. The minimum atomic E-state index is -0.464. The third-order valence-electron chi connectivity index (χ3n) is 5.10. The lowest BCUT2D eigenvalue weighted by atomic mass is 9.87. The van der Waals surface area contributed by atoms with Gasteiger partial charge in [0.25, 0.3) is 0 Å². The van der Waals surface area contributed by atoms with E-state index in [2.05, 4.69) is 36.7 Å². The topological polar surface area (TPSA) is 56.5 Å². The first-order valence-corrected chi connectivity index (χ1v) is 10.7. The van der Waals surface area contributed by atoms with E-state index >= 15 is 0 Å². The van der Waals surface area contributed by atoms with Gasteiger partial charge in [-0.1, -0.05) is 61.0 Å². The maximum absolute atomic E-state index is 12.9. The zero-order valence-corrected chi connectivity index (χ0v) is 19.0. The lowest BCUT2D eigenvalue weighted by Crippen LogP contribution is -2.13. The van der Waals surface area contributed by atoms with Gasteiger partial charge in [0.15, 0.2) is 5.43 Å². The van der Waals surface area contributed by atoms with Gasteiger partial charge in [0, 0.05) is 10.5 Å². The van der Waals surface area contributed by atoms with Crippen LogP contribution in [0.5, 0.6) is 5.75 Å². The Morgan fingerprint density at radius 2 is 1.61 bits per heavy atom. The van der Waals surface area contributed by atoms with E-state index in [4.69, 9.17) is 9.15 Å². The Morgan fingerprint density at radius 1 is 0.935 bits per heavy atom. The summed E-state index contributed by atoms with van der Waals surface area (Å²) in [5, 5.41) is 0.426. The van der Waals surface area contributed by atoms with Crippen LogP contribution in [0.15, 0.2) is 86.7 Å². The van der Waals surface area contributed by atoms with E-state index in [0.717, 1.165) is 15.6 Å². The third-order valence-corrected chi connectivity index (χ3v) is 5.63. The van der Waals surface area contributed by atoms with Crippen LogP contribution >= 0.6 is 15.9 Å². The van der Waals surface area contributed by atoms with Crippen LogP contribution in [0, 0.1) is 0 Å². The zero-order valence-electron chi connectivity index (χ0n) is 17.4. The van der Waals surface area contributed by atoms with Crippen LogP contribution in [0.4, 0.5) is 0 Å². The van der Waals surface area contributed by atoms with Crippen molar-refractivity contribution in [2.24, 2.45) is 0 Å². The van der Waals surface area contributed by atoms with Gasteiger partial charge >= 0.3 is 5.97 Å². The van der Waals surface area contributed by atoms with Crippen molar-refractivity contribution in [3.63, 3.8) is 0 Å². The van der Waals surface area contributed by atoms with Gasteiger partial charge in [0.05, 0.1) is 16.5 Å². The van der Waals surface area contributed by atoms with Gasteiger partial charge in [0.1, 0.15) is 17.6 Å². The molecule has 4 aromatic rings. The zero-order chi connectivity index (χ0) is 22.2. The third kappa shape index (κ3) is 4.47. The molecule has 0 amide bonds. The molecule has 4 rings (SSSR count). The van der Waals surface area contributed by atoms with Crippen molar-refractivity contribution in [2.75, 3.05) is 0 Å². The van der Waals surface area contributed by atoms with Crippen LogP contribution in [0.1, 0.15) is 36.7 Å². The van der Waals surface area contributed by atoms with E-state index < -0.39 is 5.97 Å². The number of rotatable bonds is 3. The molecule has 0 unspecified atom stereocenters. The van der Waals surface area contributed by atoms with Crippen LogP contribution < -0.4 is 10.2 Å². The largest absolute Gasteiger partial charge is 0.463 e. The molecule has 1 heterocycles. The minimum Gasteiger partial charge on any atom is -0.463 e. The molecule has 0 saturated carbocycles. The quantitative estimate of drug-likeness (QED) is 0.242. The molecule has 0 atom stereocenters. The second kappa shape index (κ2) is 8.16. The van der Waals surface area contributed by atoms with E-state index in [0.29, 0.717) is 27.8 Å². The maximum Gasteiger partial charge on any atom is 0.343 e. The smallest absolute Gasteiger partial charge is 0.343 e.